The smallest absolute Gasteiger partial charge is 0.259 e. The molecule has 1 aliphatic rings. The molecule has 1 fully saturated rings. The van der Waals surface area contributed by atoms with E-state index < -0.39 is 10.0 Å². The van der Waals surface area contributed by atoms with Crippen molar-refractivity contribution >= 4 is 21.6 Å². The van der Waals surface area contributed by atoms with Crippen LogP contribution in [0.25, 0.3) is 0 Å². The van der Waals surface area contributed by atoms with E-state index in [1.807, 2.05) is 6.07 Å². The van der Waals surface area contributed by atoms with E-state index in [-0.39, 0.29) is 16.8 Å². The maximum Gasteiger partial charge on any atom is 0.259 e. The molecule has 1 aliphatic carbocycles. The van der Waals surface area contributed by atoms with Crippen LogP contribution < -0.4 is 10.1 Å². The van der Waals surface area contributed by atoms with E-state index in [0.717, 1.165) is 32.1 Å². The van der Waals surface area contributed by atoms with Crippen LogP contribution in [-0.4, -0.2) is 38.3 Å². The molecule has 0 spiro atoms. The number of benzene rings is 2. The lowest BCUT2D eigenvalue weighted by molar-refractivity contribution is 0.102. The summed E-state index contributed by atoms with van der Waals surface area (Å²) in [6.07, 6.45) is 6.02. The molecular formula is C25H34N2O4S. The molecule has 2 aromatic rings. The number of amides is 1. The molecule has 174 valence electrons. The van der Waals surface area contributed by atoms with Crippen molar-refractivity contribution in [1.82, 2.24) is 4.31 Å². The van der Waals surface area contributed by atoms with Crippen LogP contribution in [0.4, 0.5) is 5.69 Å². The van der Waals surface area contributed by atoms with Gasteiger partial charge in [-0.15, -0.1) is 0 Å². The Hall–Kier alpha value is -2.38. The van der Waals surface area contributed by atoms with Crippen molar-refractivity contribution in [2.24, 2.45) is 5.92 Å². The minimum atomic E-state index is -3.56. The van der Waals surface area contributed by atoms with E-state index in [2.05, 4.69) is 19.2 Å². The van der Waals surface area contributed by atoms with Crippen molar-refractivity contribution in [1.29, 1.82) is 0 Å². The molecule has 2 aromatic carbocycles. The Morgan fingerprint density at radius 3 is 2.38 bits per heavy atom. The second-order valence-corrected chi connectivity index (χ2v) is 10.8. The molecule has 0 atom stereocenters. The van der Waals surface area contributed by atoms with Gasteiger partial charge in [0, 0.05) is 18.8 Å². The van der Waals surface area contributed by atoms with E-state index in [4.69, 9.17) is 4.74 Å². The van der Waals surface area contributed by atoms with Gasteiger partial charge in [0.25, 0.3) is 5.91 Å². The molecule has 0 aliphatic heterocycles. The van der Waals surface area contributed by atoms with Gasteiger partial charge >= 0.3 is 0 Å². The Kier molecular flexibility index (Phi) is 8.32. The van der Waals surface area contributed by atoms with Gasteiger partial charge in [0.05, 0.1) is 17.1 Å². The van der Waals surface area contributed by atoms with E-state index in [9.17, 15) is 13.2 Å². The SMILES string of the molecule is CC(C)CCOc1ccccc1C(=O)Nc1ccc(S(=O)(=O)N(C)C2CCCCC2)cc1. The summed E-state index contributed by atoms with van der Waals surface area (Å²) in [6.45, 7) is 4.79. The summed E-state index contributed by atoms with van der Waals surface area (Å²) >= 11 is 0. The number of sulfonamides is 1. The van der Waals surface area contributed by atoms with E-state index in [1.54, 1.807) is 49.5 Å². The van der Waals surface area contributed by atoms with Crippen LogP contribution in [0, 0.1) is 5.92 Å². The van der Waals surface area contributed by atoms with Gasteiger partial charge in [0.2, 0.25) is 10.0 Å². The van der Waals surface area contributed by atoms with Gasteiger partial charge in [-0.05, 0) is 61.6 Å². The average Bonchev–Trinajstić information content (AvgIpc) is 2.79. The summed E-state index contributed by atoms with van der Waals surface area (Å²) in [7, 11) is -1.90. The van der Waals surface area contributed by atoms with Gasteiger partial charge in [0.1, 0.15) is 5.75 Å². The average molecular weight is 459 g/mol. The summed E-state index contributed by atoms with van der Waals surface area (Å²) < 4.78 is 33.3. The molecule has 6 nitrogen and oxygen atoms in total. The first-order chi connectivity index (χ1) is 15.3. The molecule has 32 heavy (non-hydrogen) atoms. The lowest BCUT2D eigenvalue weighted by Crippen LogP contribution is -2.38. The number of carbonyl (C=O) groups is 1. The molecule has 1 N–H and O–H groups in total. The molecular weight excluding hydrogens is 424 g/mol. The molecule has 0 heterocycles. The highest BCUT2D eigenvalue weighted by atomic mass is 32.2. The maximum absolute atomic E-state index is 13.0. The van der Waals surface area contributed by atoms with Crippen LogP contribution in [0.2, 0.25) is 0 Å². The molecule has 0 bridgehead atoms. The highest BCUT2D eigenvalue weighted by molar-refractivity contribution is 7.89. The summed E-state index contributed by atoms with van der Waals surface area (Å²) in [5.74, 6) is 0.766. The monoisotopic (exact) mass is 458 g/mol. The second kappa shape index (κ2) is 11.0. The maximum atomic E-state index is 13.0. The van der Waals surface area contributed by atoms with Crippen LogP contribution >= 0.6 is 0 Å². The number of ether oxygens (including phenoxy) is 1. The first-order valence-corrected chi connectivity index (χ1v) is 12.8. The lowest BCUT2D eigenvalue weighted by Gasteiger charge is -2.30. The normalized spacial score (nSPS) is 15.2. The third-order valence-electron chi connectivity index (χ3n) is 5.96. The number of anilines is 1. The minimum absolute atomic E-state index is 0.0559. The van der Waals surface area contributed by atoms with Crippen molar-refractivity contribution in [2.75, 3.05) is 19.0 Å². The predicted octanol–water partition coefficient (Wildman–Crippen LogP) is 5.32. The number of nitrogens with zero attached hydrogens (tertiary/aromatic N) is 1. The highest BCUT2D eigenvalue weighted by Gasteiger charge is 2.29. The van der Waals surface area contributed by atoms with Gasteiger partial charge < -0.3 is 10.1 Å². The molecule has 0 saturated heterocycles. The summed E-state index contributed by atoms with van der Waals surface area (Å²) in [4.78, 5) is 13.0. The zero-order valence-electron chi connectivity index (χ0n) is 19.2. The highest BCUT2D eigenvalue weighted by Crippen LogP contribution is 2.27. The molecule has 0 radical (unpaired) electrons. The Morgan fingerprint density at radius 1 is 1.06 bits per heavy atom. The summed E-state index contributed by atoms with van der Waals surface area (Å²) in [5, 5.41) is 2.84. The number of carbonyl (C=O) groups excluding carboxylic acids is 1. The Morgan fingerprint density at radius 2 is 1.72 bits per heavy atom. The van der Waals surface area contributed by atoms with E-state index in [0.29, 0.717) is 29.5 Å². The van der Waals surface area contributed by atoms with Gasteiger partial charge in [-0.25, -0.2) is 8.42 Å². The number of nitrogens with one attached hydrogen (secondary N) is 1. The molecule has 0 unspecified atom stereocenters. The third kappa shape index (κ3) is 6.11. The van der Waals surface area contributed by atoms with E-state index >= 15 is 0 Å². The largest absolute Gasteiger partial charge is 0.493 e. The van der Waals surface area contributed by atoms with Gasteiger partial charge in [-0.3, -0.25) is 4.79 Å². The number of hydrogen-bond acceptors (Lipinski definition) is 4. The Balaban J connectivity index is 1.67. The number of para-hydroxylation sites is 1. The number of rotatable bonds is 9. The quantitative estimate of drug-likeness (QED) is 0.552. The molecule has 3 rings (SSSR count). The van der Waals surface area contributed by atoms with Crippen LogP contribution in [0.1, 0.15) is 62.7 Å². The van der Waals surface area contributed by atoms with Crippen LogP contribution in [0.5, 0.6) is 5.75 Å². The fourth-order valence-corrected chi connectivity index (χ4v) is 5.32. The van der Waals surface area contributed by atoms with Crippen molar-refractivity contribution in [2.45, 2.75) is 63.3 Å². The minimum Gasteiger partial charge on any atom is -0.493 e. The predicted molar refractivity (Wildman–Crippen MR) is 128 cm³/mol. The first kappa shape index (κ1) is 24.3. The van der Waals surface area contributed by atoms with Crippen LogP contribution in [0.15, 0.2) is 53.4 Å². The fraction of sp³-hybridized carbons (Fsp3) is 0.480. The number of hydrogen-bond donors (Lipinski definition) is 1. The second-order valence-electron chi connectivity index (χ2n) is 8.82. The summed E-state index contributed by atoms with van der Waals surface area (Å²) in [6, 6.07) is 13.5. The molecule has 7 heteroatoms. The third-order valence-corrected chi connectivity index (χ3v) is 7.89. The van der Waals surface area contributed by atoms with E-state index in [1.165, 1.54) is 10.7 Å². The van der Waals surface area contributed by atoms with Crippen molar-refractivity contribution in [3.8, 4) is 5.75 Å². The van der Waals surface area contributed by atoms with Crippen LogP contribution in [0.3, 0.4) is 0 Å². The van der Waals surface area contributed by atoms with Crippen molar-refractivity contribution < 1.29 is 17.9 Å². The standard InChI is InChI=1S/C25H34N2O4S/c1-19(2)17-18-31-24-12-8-7-11-23(24)25(28)26-20-13-15-22(16-14-20)32(29,30)27(3)21-9-5-4-6-10-21/h7-8,11-16,19,21H,4-6,9-10,17-18H2,1-3H3,(H,26,28). The zero-order valence-corrected chi connectivity index (χ0v) is 20.0. The topological polar surface area (TPSA) is 75.7 Å². The lowest BCUT2D eigenvalue weighted by atomic mass is 9.96. The molecule has 1 amide bonds. The van der Waals surface area contributed by atoms with Gasteiger partial charge in [0.15, 0.2) is 0 Å². The molecule has 1 saturated carbocycles. The Labute approximate surface area is 192 Å². The fourth-order valence-electron chi connectivity index (χ4n) is 3.90. The van der Waals surface area contributed by atoms with Crippen LogP contribution in [-0.2, 0) is 10.0 Å². The van der Waals surface area contributed by atoms with Crippen molar-refractivity contribution in [3.63, 3.8) is 0 Å². The van der Waals surface area contributed by atoms with Gasteiger partial charge in [-0.1, -0.05) is 45.2 Å². The first-order valence-electron chi connectivity index (χ1n) is 11.4. The van der Waals surface area contributed by atoms with Gasteiger partial charge in [-0.2, -0.15) is 4.31 Å². The molecule has 0 aromatic heterocycles. The zero-order chi connectivity index (χ0) is 23.1. The Bertz CT molecular complexity index is 997. The van der Waals surface area contributed by atoms with Crippen molar-refractivity contribution in [3.05, 3.63) is 54.1 Å². The summed E-state index contributed by atoms with van der Waals surface area (Å²) in [5.41, 5.74) is 0.983.